The van der Waals surface area contributed by atoms with Gasteiger partial charge in [-0.3, -0.25) is 10.1 Å². The molecule has 0 aromatic heterocycles. The number of carboxylic acids is 1. The first kappa shape index (κ1) is 17.7. The monoisotopic (exact) mass is 333 g/mol. The van der Waals surface area contributed by atoms with Gasteiger partial charge in [0.2, 0.25) is 0 Å². The van der Waals surface area contributed by atoms with Crippen molar-refractivity contribution in [3.05, 3.63) is 38.9 Å². The van der Waals surface area contributed by atoms with Gasteiger partial charge in [0, 0.05) is 6.07 Å². The van der Waals surface area contributed by atoms with Crippen LogP contribution in [0.4, 0.5) is 32.0 Å². The predicted molar refractivity (Wildman–Crippen MR) is 55.7 cm³/mol. The van der Waals surface area contributed by atoms with E-state index in [1.54, 1.807) is 0 Å². The molecule has 1 unspecified atom stereocenters. The van der Waals surface area contributed by atoms with E-state index in [0.29, 0.717) is 0 Å². The normalized spacial score (nSPS) is 13.8. The summed E-state index contributed by atoms with van der Waals surface area (Å²) in [7, 11) is 0. The van der Waals surface area contributed by atoms with E-state index < -0.39 is 51.7 Å². The molecule has 0 heterocycles. The van der Waals surface area contributed by atoms with E-state index in [2.05, 4.69) is 0 Å². The number of hydrogen-bond donors (Lipinski definition) is 2. The van der Waals surface area contributed by atoms with Gasteiger partial charge in [-0.25, -0.2) is 4.79 Å². The van der Waals surface area contributed by atoms with E-state index in [-0.39, 0.29) is 12.1 Å². The van der Waals surface area contributed by atoms with E-state index >= 15 is 0 Å². The standard InChI is InChI=1S/C10H5F6NO5/c11-9(12,13)4-1-3(7(18)8(19)20)2-5(17(21)22)6(4)10(14,15)16/h1-2,7,18H,(H,19,20). The van der Waals surface area contributed by atoms with Crippen molar-refractivity contribution in [2.24, 2.45) is 0 Å². The Morgan fingerprint density at radius 3 is 1.95 bits per heavy atom. The Balaban J connectivity index is 3.84. The lowest BCUT2D eigenvalue weighted by Crippen LogP contribution is -2.21. The van der Waals surface area contributed by atoms with E-state index in [4.69, 9.17) is 10.2 Å². The first-order valence-corrected chi connectivity index (χ1v) is 5.14. The molecule has 12 heteroatoms. The van der Waals surface area contributed by atoms with Crippen LogP contribution in [0.15, 0.2) is 12.1 Å². The van der Waals surface area contributed by atoms with Crippen LogP contribution >= 0.6 is 0 Å². The Kier molecular flexibility index (Phi) is 4.37. The summed E-state index contributed by atoms with van der Waals surface area (Å²) in [6.07, 6.45) is -14.0. The van der Waals surface area contributed by atoms with Gasteiger partial charge in [0.15, 0.2) is 6.10 Å². The van der Waals surface area contributed by atoms with Crippen LogP contribution in [0.2, 0.25) is 0 Å². The third kappa shape index (κ3) is 3.44. The minimum absolute atomic E-state index is 0.0587. The highest BCUT2D eigenvalue weighted by molar-refractivity contribution is 5.75. The summed E-state index contributed by atoms with van der Waals surface area (Å²) >= 11 is 0. The summed E-state index contributed by atoms with van der Waals surface area (Å²) in [5.74, 6) is -2.08. The number of carboxylic acid groups (broad SMARTS) is 1. The van der Waals surface area contributed by atoms with Gasteiger partial charge in [-0.2, -0.15) is 26.3 Å². The third-order valence-corrected chi connectivity index (χ3v) is 2.48. The highest BCUT2D eigenvalue weighted by Gasteiger charge is 2.49. The number of hydrogen-bond acceptors (Lipinski definition) is 4. The maximum absolute atomic E-state index is 12.7. The molecule has 0 aliphatic carbocycles. The molecule has 0 saturated heterocycles. The Bertz CT molecular complexity index is 623. The number of nitro benzene ring substituents is 1. The SMILES string of the molecule is O=C(O)C(O)c1cc([N+](=O)[O-])c(C(F)(F)F)c(C(F)(F)F)c1. The summed E-state index contributed by atoms with van der Waals surface area (Å²) in [6.45, 7) is 0. The zero-order chi connectivity index (χ0) is 17.5. The molecule has 6 nitrogen and oxygen atoms in total. The first-order valence-electron chi connectivity index (χ1n) is 5.14. The average Bonchev–Trinajstić information content (AvgIpc) is 2.33. The number of aliphatic hydroxyl groups excluding tert-OH is 1. The lowest BCUT2D eigenvalue weighted by atomic mass is 9.98. The summed E-state index contributed by atoms with van der Waals surface area (Å²) < 4.78 is 76.3. The van der Waals surface area contributed by atoms with Crippen molar-refractivity contribution in [3.63, 3.8) is 0 Å². The fourth-order valence-corrected chi connectivity index (χ4v) is 1.61. The fourth-order valence-electron chi connectivity index (χ4n) is 1.61. The van der Waals surface area contributed by atoms with Crippen molar-refractivity contribution in [3.8, 4) is 0 Å². The lowest BCUT2D eigenvalue weighted by molar-refractivity contribution is -0.388. The molecule has 1 rings (SSSR count). The van der Waals surface area contributed by atoms with E-state index in [1.165, 1.54) is 0 Å². The summed E-state index contributed by atoms with van der Waals surface area (Å²) in [4.78, 5) is 19.4. The molecule has 2 N–H and O–H groups in total. The number of halogens is 6. The molecule has 22 heavy (non-hydrogen) atoms. The molecule has 0 radical (unpaired) electrons. The maximum atomic E-state index is 12.7. The van der Waals surface area contributed by atoms with E-state index in [9.17, 15) is 41.3 Å². The zero-order valence-electron chi connectivity index (χ0n) is 10.1. The third-order valence-electron chi connectivity index (χ3n) is 2.48. The van der Waals surface area contributed by atoms with Crippen molar-refractivity contribution < 1.29 is 46.3 Å². The number of aliphatic hydroxyl groups is 1. The average molecular weight is 333 g/mol. The van der Waals surface area contributed by atoms with Crippen LogP contribution in [0, 0.1) is 10.1 Å². The second kappa shape index (κ2) is 5.44. The number of aliphatic carboxylic acids is 1. The van der Waals surface area contributed by atoms with Crippen LogP contribution in [0.3, 0.4) is 0 Å². The van der Waals surface area contributed by atoms with Gasteiger partial charge in [0.1, 0.15) is 5.56 Å². The number of alkyl halides is 6. The van der Waals surface area contributed by atoms with E-state index in [1.807, 2.05) is 0 Å². The van der Waals surface area contributed by atoms with Crippen LogP contribution in [-0.4, -0.2) is 21.1 Å². The Labute approximate surface area is 116 Å². The van der Waals surface area contributed by atoms with Crippen LogP contribution < -0.4 is 0 Å². The van der Waals surface area contributed by atoms with Crippen LogP contribution in [0.1, 0.15) is 22.8 Å². The second-order valence-corrected chi connectivity index (χ2v) is 3.96. The summed E-state index contributed by atoms with van der Waals surface area (Å²) in [5, 5.41) is 28.2. The van der Waals surface area contributed by atoms with Gasteiger partial charge < -0.3 is 10.2 Å². The number of nitrogens with zero attached hydrogens (tertiary/aromatic N) is 1. The Morgan fingerprint density at radius 1 is 1.14 bits per heavy atom. The van der Waals surface area contributed by atoms with Gasteiger partial charge in [-0.15, -0.1) is 0 Å². The molecule has 0 fully saturated rings. The Morgan fingerprint density at radius 2 is 1.64 bits per heavy atom. The predicted octanol–water partition coefficient (Wildman–Crippen LogP) is 2.75. The van der Waals surface area contributed by atoms with Crippen LogP contribution in [-0.2, 0) is 17.1 Å². The minimum atomic E-state index is -5.71. The number of rotatable bonds is 3. The Hall–Kier alpha value is -2.37. The quantitative estimate of drug-likeness (QED) is 0.503. The van der Waals surface area contributed by atoms with Crippen LogP contribution in [0.25, 0.3) is 0 Å². The van der Waals surface area contributed by atoms with Crippen molar-refractivity contribution in [1.82, 2.24) is 0 Å². The molecule has 0 aliphatic rings. The first-order chi connectivity index (χ1) is 9.76. The van der Waals surface area contributed by atoms with Gasteiger partial charge in [-0.05, 0) is 11.6 Å². The summed E-state index contributed by atoms with van der Waals surface area (Å²) in [5.41, 5.74) is -8.21. The minimum Gasteiger partial charge on any atom is -0.479 e. The molecule has 1 aromatic rings. The number of nitro groups is 1. The van der Waals surface area contributed by atoms with Crippen molar-refractivity contribution in [1.29, 1.82) is 0 Å². The van der Waals surface area contributed by atoms with Gasteiger partial charge in [-0.1, -0.05) is 0 Å². The molecule has 122 valence electrons. The van der Waals surface area contributed by atoms with Gasteiger partial charge >= 0.3 is 18.3 Å². The number of carbonyl (C=O) groups is 1. The molecule has 1 aromatic carbocycles. The number of benzene rings is 1. The molecule has 0 spiro atoms. The molecule has 0 bridgehead atoms. The second-order valence-electron chi connectivity index (χ2n) is 3.96. The van der Waals surface area contributed by atoms with Gasteiger partial charge in [0.05, 0.1) is 10.5 Å². The maximum Gasteiger partial charge on any atom is 0.423 e. The zero-order valence-corrected chi connectivity index (χ0v) is 10.1. The molecule has 0 saturated carbocycles. The highest BCUT2D eigenvalue weighted by atomic mass is 19.4. The van der Waals surface area contributed by atoms with Gasteiger partial charge in [0.25, 0.3) is 5.69 Å². The van der Waals surface area contributed by atoms with Crippen molar-refractivity contribution in [2.45, 2.75) is 18.5 Å². The lowest BCUT2D eigenvalue weighted by Gasteiger charge is -2.17. The molecule has 0 amide bonds. The van der Waals surface area contributed by atoms with Crippen molar-refractivity contribution >= 4 is 11.7 Å². The molecular formula is C10H5F6NO5. The fraction of sp³-hybridized carbons (Fsp3) is 0.300. The van der Waals surface area contributed by atoms with E-state index in [0.717, 1.165) is 0 Å². The summed E-state index contributed by atoms with van der Waals surface area (Å²) in [6, 6.07) is -0.342. The smallest absolute Gasteiger partial charge is 0.423 e. The molecule has 1 atom stereocenters. The molecular weight excluding hydrogens is 328 g/mol. The van der Waals surface area contributed by atoms with Crippen molar-refractivity contribution in [2.75, 3.05) is 0 Å². The highest BCUT2D eigenvalue weighted by Crippen LogP contribution is 2.46. The topological polar surface area (TPSA) is 101 Å². The van der Waals surface area contributed by atoms with Crippen LogP contribution in [0.5, 0.6) is 0 Å². The molecule has 0 aliphatic heterocycles. The largest absolute Gasteiger partial charge is 0.479 e.